The van der Waals surface area contributed by atoms with E-state index >= 15 is 0 Å². The molecule has 0 fully saturated rings. The Kier molecular flexibility index (Phi) is 4.07. The van der Waals surface area contributed by atoms with Crippen LogP contribution in [-0.4, -0.2) is 23.3 Å². The molecule has 1 aliphatic heterocycles. The molecule has 0 bridgehead atoms. The Labute approximate surface area is 148 Å². The summed E-state index contributed by atoms with van der Waals surface area (Å²) in [6.45, 7) is 0.638. The largest absolute Gasteiger partial charge is 0.431 e. The highest BCUT2D eigenvalue weighted by atomic mass is 32.1. The molecule has 1 aliphatic rings. The van der Waals surface area contributed by atoms with Crippen LogP contribution in [0, 0.1) is 0 Å². The van der Waals surface area contributed by atoms with E-state index in [-0.39, 0.29) is 23.5 Å². The fraction of sp³-hybridized carbons (Fsp3) is 0.167. The third-order valence-corrected chi connectivity index (χ3v) is 4.91. The predicted molar refractivity (Wildman–Crippen MR) is 95.2 cm³/mol. The summed E-state index contributed by atoms with van der Waals surface area (Å²) < 4.78 is 5.25. The molecule has 1 aromatic carbocycles. The number of anilines is 2. The van der Waals surface area contributed by atoms with Gasteiger partial charge in [0.05, 0.1) is 4.88 Å². The number of benzene rings is 1. The van der Waals surface area contributed by atoms with Crippen LogP contribution in [0.25, 0.3) is 0 Å². The van der Waals surface area contributed by atoms with E-state index in [0.29, 0.717) is 11.4 Å². The van der Waals surface area contributed by atoms with E-state index < -0.39 is 0 Å². The number of aryl methyl sites for hydroxylation is 1. The SMILES string of the molecule is O=C(Nc1nc(C(=O)N2CCCc3ccccc32)co1)c1cccs1. The number of amides is 2. The highest BCUT2D eigenvalue weighted by molar-refractivity contribution is 7.12. The molecular weight excluding hydrogens is 338 g/mol. The molecule has 1 N–H and O–H groups in total. The molecule has 2 amide bonds. The second kappa shape index (κ2) is 6.52. The Bertz CT molecular complexity index is 917. The van der Waals surface area contributed by atoms with Gasteiger partial charge in [0.25, 0.3) is 11.8 Å². The number of rotatable bonds is 3. The van der Waals surface area contributed by atoms with Crippen LogP contribution in [0.4, 0.5) is 11.7 Å². The van der Waals surface area contributed by atoms with E-state index in [0.717, 1.165) is 24.1 Å². The Morgan fingerprint density at radius 1 is 1.20 bits per heavy atom. The molecular formula is C18H15N3O3S. The zero-order valence-electron chi connectivity index (χ0n) is 13.3. The lowest BCUT2D eigenvalue weighted by molar-refractivity contribution is 0.0978. The zero-order chi connectivity index (χ0) is 17.2. The summed E-state index contributed by atoms with van der Waals surface area (Å²) >= 11 is 1.32. The Morgan fingerprint density at radius 2 is 2.08 bits per heavy atom. The summed E-state index contributed by atoms with van der Waals surface area (Å²) in [7, 11) is 0. The molecule has 0 unspecified atom stereocenters. The molecule has 3 aromatic rings. The van der Waals surface area contributed by atoms with Crippen LogP contribution in [0.1, 0.15) is 32.1 Å². The van der Waals surface area contributed by atoms with Crippen LogP contribution in [0.5, 0.6) is 0 Å². The standard InChI is InChI=1S/C18H15N3O3S/c22-16(15-8-4-10-25-15)20-18-19-13(11-24-18)17(23)21-9-3-6-12-5-1-2-7-14(12)21/h1-2,4-5,7-8,10-11H,3,6,9H2,(H,19,20,22). The average Bonchev–Trinajstić information content (AvgIpc) is 3.32. The van der Waals surface area contributed by atoms with Crippen molar-refractivity contribution < 1.29 is 14.0 Å². The van der Waals surface area contributed by atoms with Crippen LogP contribution in [-0.2, 0) is 6.42 Å². The number of aromatic nitrogens is 1. The van der Waals surface area contributed by atoms with E-state index in [1.54, 1.807) is 17.0 Å². The molecule has 0 atom stereocenters. The molecule has 0 spiro atoms. The molecule has 3 heterocycles. The van der Waals surface area contributed by atoms with Crippen molar-refractivity contribution in [1.82, 2.24) is 4.98 Å². The van der Waals surface area contributed by atoms with E-state index in [4.69, 9.17) is 4.42 Å². The van der Waals surface area contributed by atoms with Gasteiger partial charge in [0.15, 0.2) is 5.69 Å². The van der Waals surface area contributed by atoms with Gasteiger partial charge in [-0.2, -0.15) is 4.98 Å². The maximum atomic E-state index is 12.8. The second-order valence-electron chi connectivity index (χ2n) is 5.66. The van der Waals surface area contributed by atoms with Gasteiger partial charge in [-0.05, 0) is 35.9 Å². The van der Waals surface area contributed by atoms with Gasteiger partial charge in [0.2, 0.25) is 0 Å². The number of thiophene rings is 1. The molecule has 0 saturated carbocycles. The summed E-state index contributed by atoms with van der Waals surface area (Å²) in [4.78, 5) is 31.2. The van der Waals surface area contributed by atoms with Crippen molar-refractivity contribution in [2.24, 2.45) is 0 Å². The van der Waals surface area contributed by atoms with Crippen LogP contribution >= 0.6 is 11.3 Å². The lowest BCUT2D eigenvalue weighted by Gasteiger charge is -2.28. The number of fused-ring (bicyclic) bond motifs is 1. The summed E-state index contributed by atoms with van der Waals surface area (Å²) in [6.07, 6.45) is 3.15. The molecule has 126 valence electrons. The van der Waals surface area contributed by atoms with Crippen molar-refractivity contribution >= 4 is 34.9 Å². The van der Waals surface area contributed by atoms with Crippen molar-refractivity contribution in [2.75, 3.05) is 16.8 Å². The number of carbonyl (C=O) groups excluding carboxylic acids is 2. The van der Waals surface area contributed by atoms with Crippen LogP contribution in [0.2, 0.25) is 0 Å². The van der Waals surface area contributed by atoms with Gasteiger partial charge < -0.3 is 9.32 Å². The number of nitrogens with zero attached hydrogens (tertiary/aromatic N) is 2. The first kappa shape index (κ1) is 15.6. The second-order valence-corrected chi connectivity index (χ2v) is 6.61. The predicted octanol–water partition coefficient (Wildman–Crippen LogP) is 3.58. The van der Waals surface area contributed by atoms with Gasteiger partial charge in [-0.1, -0.05) is 24.3 Å². The Morgan fingerprint density at radius 3 is 2.92 bits per heavy atom. The quantitative estimate of drug-likeness (QED) is 0.781. The maximum Gasteiger partial charge on any atom is 0.302 e. The minimum Gasteiger partial charge on any atom is -0.431 e. The molecule has 0 aliphatic carbocycles. The van der Waals surface area contributed by atoms with Crippen molar-refractivity contribution in [3.63, 3.8) is 0 Å². The highest BCUT2D eigenvalue weighted by Gasteiger charge is 2.26. The van der Waals surface area contributed by atoms with Gasteiger partial charge in [-0.25, -0.2) is 0 Å². The van der Waals surface area contributed by atoms with E-state index in [1.165, 1.54) is 17.6 Å². The number of oxazole rings is 1. The van der Waals surface area contributed by atoms with Gasteiger partial charge in [-0.15, -0.1) is 11.3 Å². The Balaban J connectivity index is 1.53. The highest BCUT2D eigenvalue weighted by Crippen LogP contribution is 2.28. The number of para-hydroxylation sites is 1. The maximum absolute atomic E-state index is 12.8. The first-order valence-electron chi connectivity index (χ1n) is 7.92. The minimum atomic E-state index is -0.306. The van der Waals surface area contributed by atoms with E-state index in [2.05, 4.69) is 10.3 Å². The van der Waals surface area contributed by atoms with Crippen molar-refractivity contribution in [3.05, 3.63) is 64.2 Å². The third kappa shape index (κ3) is 3.06. The van der Waals surface area contributed by atoms with Crippen molar-refractivity contribution in [2.45, 2.75) is 12.8 Å². The zero-order valence-corrected chi connectivity index (χ0v) is 14.1. The summed E-state index contributed by atoms with van der Waals surface area (Å²) in [5, 5.41) is 4.38. The van der Waals surface area contributed by atoms with Crippen LogP contribution in [0.15, 0.2) is 52.5 Å². The minimum absolute atomic E-state index is 0.0204. The first-order valence-corrected chi connectivity index (χ1v) is 8.80. The molecule has 7 heteroatoms. The van der Waals surface area contributed by atoms with Gasteiger partial charge in [0, 0.05) is 12.2 Å². The smallest absolute Gasteiger partial charge is 0.302 e. The topological polar surface area (TPSA) is 75.4 Å². The van der Waals surface area contributed by atoms with Crippen LogP contribution in [0.3, 0.4) is 0 Å². The fourth-order valence-corrected chi connectivity index (χ4v) is 3.50. The molecule has 6 nitrogen and oxygen atoms in total. The van der Waals surface area contributed by atoms with Gasteiger partial charge in [-0.3, -0.25) is 14.9 Å². The number of carbonyl (C=O) groups is 2. The normalized spacial score (nSPS) is 13.4. The summed E-state index contributed by atoms with van der Waals surface area (Å²) in [5.41, 5.74) is 2.24. The Hall–Kier alpha value is -2.93. The van der Waals surface area contributed by atoms with E-state index in [9.17, 15) is 9.59 Å². The number of hydrogen-bond acceptors (Lipinski definition) is 5. The summed E-state index contributed by atoms with van der Waals surface area (Å²) in [5.74, 6) is -0.535. The van der Waals surface area contributed by atoms with Gasteiger partial charge >= 0.3 is 6.01 Å². The molecule has 4 rings (SSSR count). The first-order chi connectivity index (χ1) is 12.2. The lowest BCUT2D eigenvalue weighted by Crippen LogP contribution is -2.35. The van der Waals surface area contributed by atoms with Crippen LogP contribution < -0.4 is 10.2 Å². The number of nitrogens with one attached hydrogen (secondary N) is 1. The molecule has 0 radical (unpaired) electrons. The average molecular weight is 353 g/mol. The van der Waals surface area contributed by atoms with Crippen molar-refractivity contribution in [3.8, 4) is 0 Å². The van der Waals surface area contributed by atoms with Crippen molar-refractivity contribution in [1.29, 1.82) is 0 Å². The lowest BCUT2D eigenvalue weighted by atomic mass is 10.0. The molecule has 0 saturated heterocycles. The fourth-order valence-electron chi connectivity index (χ4n) is 2.88. The summed E-state index contributed by atoms with van der Waals surface area (Å²) in [6, 6.07) is 11.4. The molecule has 25 heavy (non-hydrogen) atoms. The van der Waals surface area contributed by atoms with Gasteiger partial charge in [0.1, 0.15) is 6.26 Å². The molecule has 2 aromatic heterocycles. The third-order valence-electron chi connectivity index (χ3n) is 4.04. The number of hydrogen-bond donors (Lipinski definition) is 1. The monoisotopic (exact) mass is 353 g/mol. The van der Waals surface area contributed by atoms with E-state index in [1.807, 2.05) is 29.6 Å².